The van der Waals surface area contributed by atoms with Gasteiger partial charge in [0, 0.05) is 5.41 Å². The topological polar surface area (TPSA) is 77.8 Å². The van der Waals surface area contributed by atoms with Crippen LogP contribution in [0.1, 0.15) is 48.0 Å². The van der Waals surface area contributed by atoms with Crippen LogP contribution in [0.4, 0.5) is 0 Å². The third-order valence-electron chi connectivity index (χ3n) is 2.89. The maximum absolute atomic E-state index is 9.70. The van der Waals surface area contributed by atoms with Crippen molar-refractivity contribution in [1.29, 1.82) is 0 Å². The predicted molar refractivity (Wildman–Crippen MR) is 68.8 cm³/mol. The van der Waals surface area contributed by atoms with Crippen LogP contribution in [0.5, 0.6) is 0 Å². The number of hydrogen-bond acceptors (Lipinski definition) is 3. The minimum atomic E-state index is -0.741. The molecule has 0 aromatic rings. The molecule has 0 spiro atoms. The fourth-order valence-corrected chi connectivity index (χ4v) is 1.09. The third-order valence-corrected chi connectivity index (χ3v) is 2.89. The SMILES string of the molecule is CC(C)C(=O)O.CCC(C)C(O)C(C)(C)CO. The first-order valence-electron chi connectivity index (χ1n) is 6.11. The van der Waals surface area contributed by atoms with Crippen LogP contribution in [0, 0.1) is 17.3 Å². The van der Waals surface area contributed by atoms with Crippen LogP contribution in [0.2, 0.25) is 0 Å². The van der Waals surface area contributed by atoms with Gasteiger partial charge in [-0.3, -0.25) is 4.79 Å². The Morgan fingerprint density at radius 1 is 1.24 bits per heavy atom. The summed E-state index contributed by atoms with van der Waals surface area (Å²) >= 11 is 0. The Morgan fingerprint density at radius 3 is 1.76 bits per heavy atom. The van der Waals surface area contributed by atoms with E-state index < -0.39 is 12.1 Å². The number of hydrogen-bond donors (Lipinski definition) is 3. The summed E-state index contributed by atoms with van der Waals surface area (Å²) < 4.78 is 0. The highest BCUT2D eigenvalue weighted by atomic mass is 16.4. The lowest BCUT2D eigenvalue weighted by atomic mass is 9.80. The predicted octanol–water partition coefficient (Wildman–Crippen LogP) is 2.14. The zero-order valence-corrected chi connectivity index (χ0v) is 11.9. The van der Waals surface area contributed by atoms with Crippen molar-refractivity contribution >= 4 is 5.97 Å². The minimum Gasteiger partial charge on any atom is -0.481 e. The summed E-state index contributed by atoms with van der Waals surface area (Å²) in [6.45, 7) is 11.1. The van der Waals surface area contributed by atoms with Gasteiger partial charge in [0.2, 0.25) is 0 Å². The lowest BCUT2D eigenvalue weighted by Gasteiger charge is -2.32. The molecule has 0 aliphatic carbocycles. The van der Waals surface area contributed by atoms with Crippen molar-refractivity contribution in [2.45, 2.75) is 54.1 Å². The van der Waals surface area contributed by atoms with Crippen molar-refractivity contribution in [2.24, 2.45) is 17.3 Å². The Balaban J connectivity index is 0. The molecule has 0 heterocycles. The summed E-state index contributed by atoms with van der Waals surface area (Å²) in [5.41, 5.74) is -0.366. The summed E-state index contributed by atoms with van der Waals surface area (Å²) in [6.07, 6.45) is 0.544. The van der Waals surface area contributed by atoms with Crippen LogP contribution >= 0.6 is 0 Å². The summed E-state index contributed by atoms with van der Waals surface area (Å²) in [6, 6.07) is 0. The van der Waals surface area contributed by atoms with Gasteiger partial charge in [-0.15, -0.1) is 0 Å². The lowest BCUT2D eigenvalue weighted by Crippen LogP contribution is -2.37. The molecule has 0 aromatic carbocycles. The highest BCUT2D eigenvalue weighted by Gasteiger charge is 2.30. The van der Waals surface area contributed by atoms with E-state index in [0.29, 0.717) is 0 Å². The van der Waals surface area contributed by atoms with Crippen molar-refractivity contribution < 1.29 is 20.1 Å². The molecule has 0 aliphatic rings. The van der Waals surface area contributed by atoms with Crippen LogP contribution in [0.3, 0.4) is 0 Å². The van der Waals surface area contributed by atoms with E-state index in [1.165, 1.54) is 0 Å². The van der Waals surface area contributed by atoms with Crippen LogP contribution in [-0.2, 0) is 4.79 Å². The molecule has 0 saturated carbocycles. The van der Waals surface area contributed by atoms with Crippen molar-refractivity contribution in [3.8, 4) is 0 Å². The monoisotopic (exact) mass is 248 g/mol. The fraction of sp³-hybridized carbons (Fsp3) is 0.923. The Kier molecular flexibility index (Phi) is 9.35. The molecule has 0 amide bonds. The largest absolute Gasteiger partial charge is 0.481 e. The molecular weight excluding hydrogens is 220 g/mol. The van der Waals surface area contributed by atoms with E-state index in [4.69, 9.17) is 10.2 Å². The van der Waals surface area contributed by atoms with Crippen molar-refractivity contribution in [3.05, 3.63) is 0 Å². The summed E-state index contributed by atoms with van der Waals surface area (Å²) in [5, 5.41) is 26.6. The van der Waals surface area contributed by atoms with Gasteiger partial charge in [-0.05, 0) is 5.92 Å². The molecule has 0 radical (unpaired) electrons. The molecule has 3 N–H and O–H groups in total. The second kappa shape index (κ2) is 8.48. The number of aliphatic carboxylic acids is 1. The standard InChI is InChI=1S/C9H20O2.C4H8O2/c1-5-7(2)8(11)9(3,4)6-10;1-3(2)4(5)6/h7-8,10-11H,5-6H2,1-4H3;3H,1-2H3,(H,5,6). The number of rotatable bonds is 5. The van der Waals surface area contributed by atoms with Gasteiger partial charge in [0.15, 0.2) is 0 Å². The Bertz CT molecular complexity index is 211. The van der Waals surface area contributed by atoms with E-state index in [0.717, 1.165) is 6.42 Å². The van der Waals surface area contributed by atoms with E-state index >= 15 is 0 Å². The second-order valence-electron chi connectivity index (χ2n) is 5.47. The van der Waals surface area contributed by atoms with E-state index in [-0.39, 0.29) is 23.9 Å². The van der Waals surface area contributed by atoms with Crippen LogP contribution < -0.4 is 0 Å². The van der Waals surface area contributed by atoms with E-state index in [1.807, 2.05) is 27.7 Å². The number of carboxylic acid groups (broad SMARTS) is 1. The van der Waals surface area contributed by atoms with Gasteiger partial charge in [-0.1, -0.05) is 48.0 Å². The molecule has 0 rings (SSSR count). The maximum atomic E-state index is 9.70. The number of aliphatic hydroxyl groups is 2. The van der Waals surface area contributed by atoms with Gasteiger partial charge >= 0.3 is 5.97 Å². The fourth-order valence-electron chi connectivity index (χ4n) is 1.09. The molecule has 0 fully saturated rings. The molecule has 104 valence electrons. The first-order valence-corrected chi connectivity index (χ1v) is 6.11. The molecule has 0 saturated heterocycles. The molecular formula is C13H28O4. The number of aliphatic hydroxyl groups excluding tert-OH is 2. The van der Waals surface area contributed by atoms with Crippen molar-refractivity contribution in [2.75, 3.05) is 6.61 Å². The lowest BCUT2D eigenvalue weighted by molar-refractivity contribution is -0.140. The molecule has 0 aromatic heterocycles. The van der Waals surface area contributed by atoms with Crippen LogP contribution in [0.15, 0.2) is 0 Å². The number of carboxylic acids is 1. The second-order valence-corrected chi connectivity index (χ2v) is 5.47. The molecule has 2 unspecified atom stereocenters. The average Bonchev–Trinajstić information content (AvgIpc) is 2.27. The third kappa shape index (κ3) is 8.16. The molecule has 4 nitrogen and oxygen atoms in total. The summed E-state index contributed by atoms with van der Waals surface area (Å²) in [7, 11) is 0. The first-order chi connectivity index (χ1) is 7.60. The van der Waals surface area contributed by atoms with Gasteiger partial charge in [-0.2, -0.15) is 0 Å². The van der Waals surface area contributed by atoms with E-state index in [9.17, 15) is 9.90 Å². The van der Waals surface area contributed by atoms with Gasteiger partial charge in [-0.25, -0.2) is 0 Å². The van der Waals surface area contributed by atoms with Gasteiger partial charge in [0.05, 0.1) is 18.6 Å². The molecule has 0 bridgehead atoms. The van der Waals surface area contributed by atoms with Crippen LogP contribution in [0.25, 0.3) is 0 Å². The molecule has 0 aliphatic heterocycles. The molecule has 17 heavy (non-hydrogen) atoms. The summed E-state index contributed by atoms with van der Waals surface area (Å²) in [4.78, 5) is 9.70. The van der Waals surface area contributed by atoms with Crippen molar-refractivity contribution in [3.63, 3.8) is 0 Å². The smallest absolute Gasteiger partial charge is 0.305 e. The van der Waals surface area contributed by atoms with Crippen LogP contribution in [-0.4, -0.2) is 34.0 Å². The summed E-state index contributed by atoms with van der Waals surface area (Å²) in [5.74, 6) is -0.711. The van der Waals surface area contributed by atoms with Gasteiger partial charge < -0.3 is 15.3 Å². The molecule has 4 heteroatoms. The highest BCUT2D eigenvalue weighted by Crippen LogP contribution is 2.26. The first kappa shape index (κ1) is 18.7. The highest BCUT2D eigenvalue weighted by molar-refractivity contribution is 5.68. The van der Waals surface area contributed by atoms with Gasteiger partial charge in [0.25, 0.3) is 0 Å². The number of carbonyl (C=O) groups is 1. The maximum Gasteiger partial charge on any atom is 0.305 e. The van der Waals surface area contributed by atoms with Gasteiger partial charge in [0.1, 0.15) is 0 Å². The Morgan fingerprint density at radius 2 is 1.59 bits per heavy atom. The normalized spacial score (nSPS) is 14.9. The zero-order valence-electron chi connectivity index (χ0n) is 11.9. The Hall–Kier alpha value is -0.610. The van der Waals surface area contributed by atoms with Crippen molar-refractivity contribution in [1.82, 2.24) is 0 Å². The minimum absolute atomic E-state index is 0.0402. The van der Waals surface area contributed by atoms with E-state index in [1.54, 1.807) is 13.8 Å². The Labute approximate surface area is 105 Å². The zero-order chi connectivity index (χ0) is 14.2. The average molecular weight is 248 g/mol. The van der Waals surface area contributed by atoms with E-state index in [2.05, 4.69) is 0 Å². The quantitative estimate of drug-likeness (QED) is 0.696. The molecule has 2 atom stereocenters.